The van der Waals surface area contributed by atoms with Crippen LogP contribution in [-0.4, -0.2) is 41.1 Å². The Morgan fingerprint density at radius 2 is 1.89 bits per heavy atom. The molecule has 1 fully saturated rings. The van der Waals surface area contributed by atoms with E-state index in [-0.39, 0.29) is 0 Å². The predicted molar refractivity (Wildman–Crippen MR) is 110 cm³/mol. The number of quaternary nitrogens is 1. The van der Waals surface area contributed by atoms with Gasteiger partial charge in [0, 0.05) is 23.5 Å². The molecule has 2 N–H and O–H groups in total. The SMILES string of the molecule is Cc1ccc(Nc2nc(C[NH+]3CCN(c4ncccn4)CC3)cs2)cc1C. The molecule has 0 unspecified atom stereocenters. The van der Waals surface area contributed by atoms with Crippen LogP contribution in [-0.2, 0) is 6.54 Å². The van der Waals surface area contributed by atoms with E-state index in [0.717, 1.165) is 55.2 Å². The Labute approximate surface area is 163 Å². The molecule has 0 bridgehead atoms. The van der Waals surface area contributed by atoms with E-state index in [2.05, 4.69) is 57.6 Å². The molecule has 0 saturated carbocycles. The van der Waals surface area contributed by atoms with Crippen LogP contribution in [0, 0.1) is 13.8 Å². The average molecular weight is 382 g/mol. The zero-order chi connectivity index (χ0) is 18.6. The van der Waals surface area contributed by atoms with Crippen molar-refractivity contribution in [3.8, 4) is 0 Å². The first-order valence-electron chi connectivity index (χ1n) is 9.31. The molecule has 0 aliphatic carbocycles. The maximum atomic E-state index is 4.78. The van der Waals surface area contributed by atoms with Crippen molar-refractivity contribution in [2.45, 2.75) is 20.4 Å². The van der Waals surface area contributed by atoms with Crippen LogP contribution in [0.25, 0.3) is 0 Å². The van der Waals surface area contributed by atoms with Crippen LogP contribution in [0.4, 0.5) is 16.8 Å². The van der Waals surface area contributed by atoms with Crippen LogP contribution in [0.5, 0.6) is 0 Å². The Hall–Kier alpha value is -2.51. The highest BCUT2D eigenvalue weighted by molar-refractivity contribution is 7.13. The minimum Gasteiger partial charge on any atom is -0.332 e. The first-order chi connectivity index (χ1) is 13.2. The highest BCUT2D eigenvalue weighted by Gasteiger charge is 2.22. The summed E-state index contributed by atoms with van der Waals surface area (Å²) >= 11 is 1.67. The van der Waals surface area contributed by atoms with Gasteiger partial charge in [-0.1, -0.05) is 6.07 Å². The van der Waals surface area contributed by atoms with Gasteiger partial charge in [-0.15, -0.1) is 11.3 Å². The average Bonchev–Trinajstić information content (AvgIpc) is 3.13. The van der Waals surface area contributed by atoms with Gasteiger partial charge in [-0.05, 0) is 43.2 Å². The summed E-state index contributed by atoms with van der Waals surface area (Å²) < 4.78 is 0. The van der Waals surface area contributed by atoms with Crippen molar-refractivity contribution in [2.75, 3.05) is 36.4 Å². The molecule has 6 nitrogen and oxygen atoms in total. The Balaban J connectivity index is 1.31. The molecular formula is C20H25N6S+. The summed E-state index contributed by atoms with van der Waals surface area (Å²) in [7, 11) is 0. The van der Waals surface area contributed by atoms with Crippen LogP contribution in [0.3, 0.4) is 0 Å². The van der Waals surface area contributed by atoms with Gasteiger partial charge in [0.1, 0.15) is 12.2 Å². The molecular weight excluding hydrogens is 356 g/mol. The smallest absolute Gasteiger partial charge is 0.225 e. The van der Waals surface area contributed by atoms with Crippen LogP contribution in [0.2, 0.25) is 0 Å². The molecule has 140 valence electrons. The van der Waals surface area contributed by atoms with Crippen molar-refractivity contribution in [3.05, 3.63) is 58.9 Å². The van der Waals surface area contributed by atoms with Gasteiger partial charge in [-0.25, -0.2) is 15.0 Å². The lowest BCUT2D eigenvalue weighted by atomic mass is 10.1. The third-order valence-electron chi connectivity index (χ3n) is 5.05. The Kier molecular flexibility index (Phi) is 5.31. The number of piperazine rings is 1. The number of nitrogens with one attached hydrogen (secondary N) is 2. The topological polar surface area (TPSA) is 58.4 Å². The maximum absolute atomic E-state index is 4.78. The third-order valence-corrected chi connectivity index (χ3v) is 5.85. The number of hydrogen-bond donors (Lipinski definition) is 2. The Morgan fingerprint density at radius 1 is 1.11 bits per heavy atom. The van der Waals surface area contributed by atoms with Crippen molar-refractivity contribution >= 4 is 28.1 Å². The number of rotatable bonds is 5. The number of aromatic nitrogens is 3. The van der Waals surface area contributed by atoms with Gasteiger partial charge in [0.15, 0.2) is 5.13 Å². The summed E-state index contributed by atoms with van der Waals surface area (Å²) in [6.07, 6.45) is 3.61. The van der Waals surface area contributed by atoms with E-state index in [4.69, 9.17) is 4.98 Å². The minimum absolute atomic E-state index is 0.838. The van der Waals surface area contributed by atoms with Crippen LogP contribution in [0.1, 0.15) is 16.8 Å². The van der Waals surface area contributed by atoms with Crippen LogP contribution < -0.4 is 15.1 Å². The van der Waals surface area contributed by atoms with E-state index < -0.39 is 0 Å². The van der Waals surface area contributed by atoms with Gasteiger partial charge in [-0.3, -0.25) is 0 Å². The van der Waals surface area contributed by atoms with Gasteiger partial charge in [-0.2, -0.15) is 0 Å². The largest absolute Gasteiger partial charge is 0.332 e. The fraction of sp³-hybridized carbons (Fsp3) is 0.350. The highest BCUT2D eigenvalue weighted by atomic mass is 32.1. The standard InChI is InChI=1S/C20H24N6S/c1-15-4-5-17(12-16(15)2)23-20-24-18(14-27-20)13-25-8-10-26(11-9-25)19-21-6-3-7-22-19/h3-7,12,14H,8-11,13H2,1-2H3,(H,23,24)/p+1. The van der Waals surface area contributed by atoms with E-state index in [1.54, 1.807) is 28.6 Å². The molecule has 0 amide bonds. The molecule has 1 aromatic carbocycles. The van der Waals surface area contributed by atoms with E-state index in [1.807, 2.05) is 6.07 Å². The first kappa shape index (κ1) is 17.9. The second kappa shape index (κ2) is 8.02. The fourth-order valence-corrected chi connectivity index (χ4v) is 4.03. The fourth-order valence-electron chi connectivity index (χ4n) is 3.30. The van der Waals surface area contributed by atoms with Gasteiger partial charge in [0.05, 0.1) is 26.2 Å². The minimum atomic E-state index is 0.838. The zero-order valence-corrected chi connectivity index (χ0v) is 16.6. The monoisotopic (exact) mass is 381 g/mol. The Morgan fingerprint density at radius 3 is 2.63 bits per heavy atom. The predicted octanol–water partition coefficient (Wildman–Crippen LogP) is 2.20. The summed E-state index contributed by atoms with van der Waals surface area (Å²) in [5, 5.41) is 6.56. The van der Waals surface area contributed by atoms with Crippen LogP contribution in [0.15, 0.2) is 42.0 Å². The molecule has 3 aromatic rings. The van der Waals surface area contributed by atoms with E-state index >= 15 is 0 Å². The van der Waals surface area contributed by atoms with E-state index in [0.29, 0.717) is 0 Å². The lowest BCUT2D eigenvalue weighted by molar-refractivity contribution is -0.914. The zero-order valence-electron chi connectivity index (χ0n) is 15.8. The molecule has 0 spiro atoms. The quantitative estimate of drug-likeness (QED) is 0.710. The number of hydrogen-bond acceptors (Lipinski definition) is 6. The Bertz CT molecular complexity index is 886. The highest BCUT2D eigenvalue weighted by Crippen LogP contribution is 2.22. The van der Waals surface area contributed by atoms with Gasteiger partial charge < -0.3 is 15.1 Å². The molecule has 2 aromatic heterocycles. The van der Waals surface area contributed by atoms with Crippen molar-refractivity contribution < 1.29 is 4.90 Å². The molecule has 1 aliphatic rings. The molecule has 4 rings (SSSR count). The lowest BCUT2D eigenvalue weighted by Gasteiger charge is -2.31. The summed E-state index contributed by atoms with van der Waals surface area (Å²) in [5.41, 5.74) is 4.86. The number of thiazole rings is 1. The normalized spacial score (nSPS) is 15.1. The molecule has 3 heterocycles. The molecule has 1 aliphatic heterocycles. The van der Waals surface area contributed by atoms with Gasteiger partial charge >= 0.3 is 0 Å². The van der Waals surface area contributed by atoms with Gasteiger partial charge in [0.2, 0.25) is 5.95 Å². The maximum Gasteiger partial charge on any atom is 0.225 e. The molecule has 1 saturated heterocycles. The molecule has 27 heavy (non-hydrogen) atoms. The molecule has 7 heteroatoms. The van der Waals surface area contributed by atoms with Crippen molar-refractivity contribution in [3.63, 3.8) is 0 Å². The van der Waals surface area contributed by atoms with Crippen LogP contribution >= 0.6 is 11.3 Å². The lowest BCUT2D eigenvalue weighted by Crippen LogP contribution is -3.13. The first-order valence-corrected chi connectivity index (χ1v) is 10.2. The number of benzene rings is 1. The summed E-state index contributed by atoms with van der Waals surface area (Å²) in [6, 6.07) is 8.29. The summed E-state index contributed by atoms with van der Waals surface area (Å²) in [5.74, 6) is 0.838. The second-order valence-corrected chi connectivity index (χ2v) is 7.89. The summed E-state index contributed by atoms with van der Waals surface area (Å²) in [6.45, 7) is 9.36. The van der Waals surface area contributed by atoms with E-state index in [1.165, 1.54) is 11.1 Å². The van der Waals surface area contributed by atoms with Crippen molar-refractivity contribution in [1.29, 1.82) is 0 Å². The number of aryl methyl sites for hydroxylation is 2. The second-order valence-electron chi connectivity index (χ2n) is 7.03. The molecule has 0 atom stereocenters. The molecule has 0 radical (unpaired) electrons. The summed E-state index contributed by atoms with van der Waals surface area (Å²) in [4.78, 5) is 17.3. The van der Waals surface area contributed by atoms with E-state index in [9.17, 15) is 0 Å². The third kappa shape index (κ3) is 4.43. The number of nitrogens with zero attached hydrogens (tertiary/aromatic N) is 4. The number of anilines is 3. The van der Waals surface area contributed by atoms with Crippen molar-refractivity contribution in [1.82, 2.24) is 15.0 Å². The van der Waals surface area contributed by atoms with Gasteiger partial charge in [0.25, 0.3) is 0 Å². The van der Waals surface area contributed by atoms with Crippen molar-refractivity contribution in [2.24, 2.45) is 0 Å².